The Morgan fingerprint density at radius 1 is 1.08 bits per heavy atom. The number of anilines is 1. The van der Waals surface area contributed by atoms with Crippen LogP contribution < -0.4 is 9.62 Å². The van der Waals surface area contributed by atoms with E-state index in [0.717, 1.165) is 4.31 Å². The standard InChI is InChI=1S/C14H23FN4O4S2/c1-17(2)25(22,23)16-7-12-24(20,21)19-10-8-18(9-11-19)14-6-4-3-5-13(14)15/h3-6,16H,7-12H2,1-2H3. The maximum atomic E-state index is 13.8. The van der Waals surface area contributed by atoms with Crippen molar-refractivity contribution in [3.8, 4) is 0 Å². The summed E-state index contributed by atoms with van der Waals surface area (Å²) in [6, 6.07) is 6.37. The molecular formula is C14H23FN4O4S2. The number of halogens is 1. The minimum Gasteiger partial charge on any atom is -0.367 e. The van der Waals surface area contributed by atoms with Crippen LogP contribution in [0.2, 0.25) is 0 Å². The van der Waals surface area contributed by atoms with Gasteiger partial charge in [0.25, 0.3) is 10.2 Å². The third-order valence-electron chi connectivity index (χ3n) is 3.95. The molecule has 0 aliphatic carbocycles. The van der Waals surface area contributed by atoms with Crippen molar-refractivity contribution >= 4 is 25.9 Å². The van der Waals surface area contributed by atoms with Crippen LogP contribution in [0.25, 0.3) is 0 Å². The summed E-state index contributed by atoms with van der Waals surface area (Å²) in [5.41, 5.74) is 0.457. The van der Waals surface area contributed by atoms with Gasteiger partial charge in [0.15, 0.2) is 0 Å². The lowest BCUT2D eigenvalue weighted by molar-refractivity contribution is 0.383. The maximum Gasteiger partial charge on any atom is 0.278 e. The summed E-state index contributed by atoms with van der Waals surface area (Å²) in [6.07, 6.45) is 0. The second kappa shape index (κ2) is 7.96. The molecule has 0 aromatic heterocycles. The van der Waals surface area contributed by atoms with Crippen LogP contribution in [0.15, 0.2) is 24.3 Å². The number of nitrogens with one attached hydrogen (secondary N) is 1. The molecule has 1 fully saturated rings. The molecule has 0 atom stereocenters. The van der Waals surface area contributed by atoms with Crippen molar-refractivity contribution in [2.45, 2.75) is 0 Å². The number of nitrogens with zero attached hydrogens (tertiary/aromatic N) is 3. The van der Waals surface area contributed by atoms with Gasteiger partial charge in [-0.3, -0.25) is 0 Å². The van der Waals surface area contributed by atoms with E-state index in [0.29, 0.717) is 18.8 Å². The number of para-hydroxylation sites is 1. The van der Waals surface area contributed by atoms with Gasteiger partial charge in [-0.2, -0.15) is 17.0 Å². The normalized spacial score (nSPS) is 17.2. The third-order valence-corrected chi connectivity index (χ3v) is 7.35. The lowest BCUT2D eigenvalue weighted by Gasteiger charge is -2.35. The highest BCUT2D eigenvalue weighted by Gasteiger charge is 2.28. The molecule has 1 aromatic rings. The fourth-order valence-corrected chi connectivity index (χ4v) is 4.56. The molecule has 0 unspecified atom stereocenters. The predicted octanol–water partition coefficient (Wildman–Crippen LogP) is -0.326. The van der Waals surface area contributed by atoms with Gasteiger partial charge in [0, 0.05) is 46.8 Å². The minimum atomic E-state index is -3.65. The van der Waals surface area contributed by atoms with Crippen LogP contribution in [0.3, 0.4) is 0 Å². The second-order valence-electron chi connectivity index (χ2n) is 5.84. The van der Waals surface area contributed by atoms with E-state index in [1.54, 1.807) is 23.1 Å². The van der Waals surface area contributed by atoms with Crippen molar-refractivity contribution in [1.82, 2.24) is 13.3 Å². The number of sulfonamides is 1. The first kappa shape index (κ1) is 20.0. The highest BCUT2D eigenvalue weighted by atomic mass is 32.2. The summed E-state index contributed by atoms with van der Waals surface area (Å²) < 4.78 is 66.2. The first-order chi connectivity index (χ1) is 11.6. The van der Waals surface area contributed by atoms with E-state index in [4.69, 9.17) is 0 Å². The summed E-state index contributed by atoms with van der Waals surface area (Å²) >= 11 is 0. The van der Waals surface area contributed by atoms with E-state index < -0.39 is 20.2 Å². The second-order valence-corrected chi connectivity index (χ2v) is 9.89. The Hall–Kier alpha value is -1.27. The zero-order chi connectivity index (χ0) is 18.7. The van der Waals surface area contributed by atoms with E-state index in [9.17, 15) is 21.2 Å². The largest absolute Gasteiger partial charge is 0.367 e. The molecular weight excluding hydrogens is 371 g/mol. The topological polar surface area (TPSA) is 90.0 Å². The van der Waals surface area contributed by atoms with Crippen LogP contribution in [0.4, 0.5) is 10.1 Å². The van der Waals surface area contributed by atoms with E-state index in [1.807, 2.05) is 0 Å². The van der Waals surface area contributed by atoms with Gasteiger partial charge in [-0.05, 0) is 12.1 Å². The quantitative estimate of drug-likeness (QED) is 0.684. The Labute approximate surface area is 148 Å². The molecule has 0 saturated carbocycles. The van der Waals surface area contributed by atoms with Gasteiger partial charge in [-0.15, -0.1) is 0 Å². The zero-order valence-corrected chi connectivity index (χ0v) is 15.9. The van der Waals surface area contributed by atoms with Crippen LogP contribution in [0, 0.1) is 5.82 Å². The molecule has 25 heavy (non-hydrogen) atoms. The molecule has 0 bridgehead atoms. The van der Waals surface area contributed by atoms with Crippen molar-refractivity contribution in [3.63, 3.8) is 0 Å². The zero-order valence-electron chi connectivity index (χ0n) is 14.2. The first-order valence-electron chi connectivity index (χ1n) is 7.78. The number of benzene rings is 1. The molecule has 1 heterocycles. The van der Waals surface area contributed by atoms with Gasteiger partial charge < -0.3 is 4.90 Å². The summed E-state index contributed by atoms with van der Waals surface area (Å²) in [5, 5.41) is 0. The molecule has 0 radical (unpaired) electrons. The Morgan fingerprint density at radius 3 is 2.24 bits per heavy atom. The molecule has 2 rings (SSSR count). The molecule has 1 aromatic carbocycles. The van der Waals surface area contributed by atoms with Gasteiger partial charge in [0.2, 0.25) is 10.0 Å². The van der Waals surface area contributed by atoms with E-state index in [1.165, 1.54) is 24.5 Å². The first-order valence-corrected chi connectivity index (χ1v) is 10.8. The molecule has 8 nitrogen and oxygen atoms in total. The molecule has 11 heteroatoms. The average molecular weight is 394 g/mol. The predicted molar refractivity (Wildman–Crippen MR) is 94.6 cm³/mol. The van der Waals surface area contributed by atoms with Crippen molar-refractivity contribution < 1.29 is 21.2 Å². The van der Waals surface area contributed by atoms with Crippen LogP contribution in [0.1, 0.15) is 0 Å². The molecule has 0 amide bonds. The van der Waals surface area contributed by atoms with Gasteiger partial charge in [0.05, 0.1) is 11.4 Å². The summed E-state index contributed by atoms with van der Waals surface area (Å²) in [6.45, 7) is 1.03. The van der Waals surface area contributed by atoms with Crippen LogP contribution in [0.5, 0.6) is 0 Å². The summed E-state index contributed by atoms with van der Waals surface area (Å²) in [5.74, 6) is -0.656. The highest BCUT2D eigenvalue weighted by Crippen LogP contribution is 2.21. The number of piperazine rings is 1. The van der Waals surface area contributed by atoms with E-state index in [2.05, 4.69) is 4.72 Å². The minimum absolute atomic E-state index is 0.198. The van der Waals surface area contributed by atoms with Gasteiger partial charge in [-0.25, -0.2) is 17.5 Å². The number of rotatable bonds is 7. The third kappa shape index (κ3) is 5.11. The maximum absolute atomic E-state index is 13.8. The monoisotopic (exact) mass is 394 g/mol. The smallest absolute Gasteiger partial charge is 0.278 e. The summed E-state index contributed by atoms with van der Waals surface area (Å²) in [7, 11) is -4.51. The number of hydrogen-bond acceptors (Lipinski definition) is 5. The molecule has 1 saturated heterocycles. The molecule has 0 spiro atoms. The Balaban J connectivity index is 1.90. The summed E-state index contributed by atoms with van der Waals surface area (Å²) in [4.78, 5) is 1.80. The Morgan fingerprint density at radius 2 is 1.68 bits per heavy atom. The van der Waals surface area contributed by atoms with E-state index in [-0.39, 0.29) is 31.2 Å². The van der Waals surface area contributed by atoms with Gasteiger partial charge in [-0.1, -0.05) is 12.1 Å². The van der Waals surface area contributed by atoms with Crippen molar-refractivity contribution in [1.29, 1.82) is 0 Å². The van der Waals surface area contributed by atoms with Crippen molar-refractivity contribution in [2.24, 2.45) is 0 Å². The van der Waals surface area contributed by atoms with Crippen LogP contribution >= 0.6 is 0 Å². The lowest BCUT2D eigenvalue weighted by atomic mass is 10.2. The Kier molecular flexibility index (Phi) is 6.38. The Bertz CT molecular complexity index is 791. The number of hydrogen-bond donors (Lipinski definition) is 1. The fourth-order valence-electron chi connectivity index (χ4n) is 2.47. The van der Waals surface area contributed by atoms with Gasteiger partial charge >= 0.3 is 0 Å². The molecule has 142 valence electrons. The van der Waals surface area contributed by atoms with Gasteiger partial charge in [0.1, 0.15) is 5.82 Å². The van der Waals surface area contributed by atoms with Crippen molar-refractivity contribution in [3.05, 3.63) is 30.1 Å². The lowest BCUT2D eigenvalue weighted by Crippen LogP contribution is -2.50. The highest BCUT2D eigenvalue weighted by molar-refractivity contribution is 7.89. The molecule has 1 N–H and O–H groups in total. The average Bonchev–Trinajstić information content (AvgIpc) is 2.55. The van der Waals surface area contributed by atoms with Crippen molar-refractivity contribution in [2.75, 3.05) is 57.5 Å². The fraction of sp³-hybridized carbons (Fsp3) is 0.571. The molecule has 1 aliphatic rings. The van der Waals surface area contributed by atoms with Crippen LogP contribution in [-0.4, -0.2) is 78.0 Å². The molecule has 1 aliphatic heterocycles. The van der Waals surface area contributed by atoms with E-state index >= 15 is 0 Å². The SMILES string of the molecule is CN(C)S(=O)(=O)NCCS(=O)(=O)N1CCN(c2ccccc2F)CC1. The van der Waals surface area contributed by atoms with Crippen LogP contribution in [-0.2, 0) is 20.2 Å².